The first kappa shape index (κ1) is 14.6. The number of aliphatic hydroxyl groups excluding tert-OH is 2. The summed E-state index contributed by atoms with van der Waals surface area (Å²) >= 11 is 0. The smallest absolute Gasteiger partial charge is 0.339 e. The van der Waals surface area contributed by atoms with E-state index in [2.05, 4.69) is 18.0 Å². The van der Waals surface area contributed by atoms with Gasteiger partial charge in [-0.05, 0) is 32.6 Å². The van der Waals surface area contributed by atoms with E-state index in [0.717, 1.165) is 19.3 Å². The van der Waals surface area contributed by atoms with Crippen LogP contribution >= 0.6 is 0 Å². The second-order valence-electron chi connectivity index (χ2n) is 6.49. The van der Waals surface area contributed by atoms with Gasteiger partial charge >= 0.3 is 5.97 Å². The average Bonchev–Trinajstić information content (AvgIpc) is 2.65. The second kappa shape index (κ2) is 4.85. The van der Waals surface area contributed by atoms with Crippen molar-refractivity contribution in [1.29, 1.82) is 0 Å². The number of fused-ring (bicyclic) bond motifs is 1. The quantitative estimate of drug-likeness (QED) is 0.529. The zero-order valence-corrected chi connectivity index (χ0v) is 12.3. The molecule has 0 aromatic rings. The van der Waals surface area contributed by atoms with Gasteiger partial charge in [0.25, 0.3) is 0 Å². The van der Waals surface area contributed by atoms with Crippen molar-refractivity contribution in [1.82, 2.24) is 5.32 Å². The van der Waals surface area contributed by atoms with Gasteiger partial charge < -0.3 is 20.3 Å². The summed E-state index contributed by atoms with van der Waals surface area (Å²) in [4.78, 5) is 12.2. The Balaban J connectivity index is 1.94. The third-order valence-electron chi connectivity index (χ3n) is 5.41. The number of allylic oxidation sites excluding steroid dienone is 1. The SMILES string of the molecule is C=C1N[C@@]2([C@@H](O)[C@@H]3C=CCCC3)C(=O)O[C@@]2(C)[C@H]1CCO. The predicted molar refractivity (Wildman–Crippen MR) is 77.2 cm³/mol. The van der Waals surface area contributed by atoms with Crippen molar-refractivity contribution < 1.29 is 19.7 Å². The van der Waals surface area contributed by atoms with Crippen molar-refractivity contribution >= 4 is 5.97 Å². The third-order valence-corrected chi connectivity index (χ3v) is 5.41. The van der Waals surface area contributed by atoms with E-state index >= 15 is 0 Å². The molecule has 5 nitrogen and oxygen atoms in total. The van der Waals surface area contributed by atoms with Crippen LogP contribution in [0.4, 0.5) is 0 Å². The summed E-state index contributed by atoms with van der Waals surface area (Å²) < 4.78 is 5.44. The highest BCUT2D eigenvalue weighted by Gasteiger charge is 2.77. The van der Waals surface area contributed by atoms with Crippen LogP contribution < -0.4 is 5.32 Å². The molecule has 1 aliphatic carbocycles. The zero-order chi connectivity index (χ0) is 15.3. The van der Waals surface area contributed by atoms with Crippen LogP contribution in [0.15, 0.2) is 24.4 Å². The molecular weight excluding hydrogens is 270 g/mol. The molecule has 2 saturated heterocycles. The number of esters is 1. The lowest BCUT2D eigenvalue weighted by atomic mass is 9.64. The van der Waals surface area contributed by atoms with Gasteiger partial charge in [0.2, 0.25) is 5.54 Å². The summed E-state index contributed by atoms with van der Waals surface area (Å²) in [7, 11) is 0. The van der Waals surface area contributed by atoms with Crippen molar-refractivity contribution in [3.05, 3.63) is 24.4 Å². The van der Waals surface area contributed by atoms with Crippen LogP contribution in [0.2, 0.25) is 0 Å². The predicted octanol–water partition coefficient (Wildman–Crippen LogP) is 0.873. The van der Waals surface area contributed by atoms with Crippen LogP contribution in [0.3, 0.4) is 0 Å². The zero-order valence-electron chi connectivity index (χ0n) is 12.3. The van der Waals surface area contributed by atoms with Gasteiger partial charge in [-0.3, -0.25) is 0 Å². The minimum Gasteiger partial charge on any atom is -0.453 e. The molecule has 0 bridgehead atoms. The highest BCUT2D eigenvalue weighted by molar-refractivity contribution is 5.92. The molecule has 5 atom stereocenters. The first-order chi connectivity index (χ1) is 9.97. The highest BCUT2D eigenvalue weighted by atomic mass is 16.6. The van der Waals surface area contributed by atoms with E-state index in [-0.39, 0.29) is 18.4 Å². The second-order valence-corrected chi connectivity index (χ2v) is 6.49. The van der Waals surface area contributed by atoms with Gasteiger partial charge in [0.05, 0.1) is 6.10 Å². The molecule has 0 aromatic carbocycles. The van der Waals surface area contributed by atoms with Crippen molar-refractivity contribution in [2.45, 2.75) is 49.9 Å². The molecule has 3 rings (SSSR count). The summed E-state index contributed by atoms with van der Waals surface area (Å²) in [5, 5.41) is 23.2. The maximum absolute atomic E-state index is 12.2. The van der Waals surface area contributed by atoms with E-state index in [0.29, 0.717) is 12.1 Å². The van der Waals surface area contributed by atoms with E-state index in [1.165, 1.54) is 0 Å². The molecule has 5 heteroatoms. The van der Waals surface area contributed by atoms with Crippen LogP contribution in [0.5, 0.6) is 0 Å². The van der Waals surface area contributed by atoms with E-state index < -0.39 is 23.2 Å². The molecule has 3 aliphatic rings. The lowest BCUT2D eigenvalue weighted by Crippen LogP contribution is -2.80. The lowest BCUT2D eigenvalue weighted by Gasteiger charge is -2.55. The molecule has 0 amide bonds. The fourth-order valence-electron chi connectivity index (χ4n) is 4.19. The number of nitrogens with one attached hydrogen (secondary N) is 1. The van der Waals surface area contributed by atoms with Gasteiger partial charge in [-0.1, -0.05) is 18.7 Å². The third kappa shape index (κ3) is 1.74. The summed E-state index contributed by atoms with van der Waals surface area (Å²) in [6.07, 6.45) is 6.57. The Morgan fingerprint density at radius 3 is 2.95 bits per heavy atom. The summed E-state index contributed by atoms with van der Waals surface area (Å²) in [5.74, 6) is -0.653. The molecule has 2 aliphatic heterocycles. The van der Waals surface area contributed by atoms with E-state index in [1.807, 2.05) is 13.0 Å². The van der Waals surface area contributed by atoms with Crippen LogP contribution in [0.1, 0.15) is 32.6 Å². The normalized spacial score (nSPS) is 42.8. The molecule has 0 spiro atoms. The molecule has 3 N–H and O–H groups in total. The van der Waals surface area contributed by atoms with E-state index in [1.54, 1.807) is 0 Å². The first-order valence-electron chi connectivity index (χ1n) is 7.63. The Morgan fingerprint density at radius 2 is 2.38 bits per heavy atom. The molecule has 0 radical (unpaired) electrons. The van der Waals surface area contributed by atoms with Gasteiger partial charge in [0.15, 0.2) is 5.60 Å². The minimum atomic E-state index is -1.13. The maximum Gasteiger partial charge on any atom is 0.339 e. The Hall–Kier alpha value is -1.33. The molecule has 0 unspecified atom stereocenters. The number of hydrogen-bond acceptors (Lipinski definition) is 5. The average molecular weight is 293 g/mol. The van der Waals surface area contributed by atoms with Crippen molar-refractivity contribution in [2.75, 3.05) is 6.61 Å². The fourth-order valence-corrected chi connectivity index (χ4v) is 4.19. The molecule has 21 heavy (non-hydrogen) atoms. The Bertz CT molecular complexity index is 503. The summed E-state index contributed by atoms with van der Waals surface area (Å²) in [6, 6.07) is 0. The van der Waals surface area contributed by atoms with Gasteiger partial charge in [-0.15, -0.1) is 0 Å². The summed E-state index contributed by atoms with van der Waals surface area (Å²) in [5.41, 5.74) is -1.30. The van der Waals surface area contributed by atoms with Gasteiger partial charge in [0, 0.05) is 24.1 Å². The molecular formula is C16H23NO4. The molecule has 2 fully saturated rings. The molecule has 0 saturated carbocycles. The van der Waals surface area contributed by atoms with Gasteiger partial charge in [-0.2, -0.15) is 0 Å². The topological polar surface area (TPSA) is 78.8 Å². The fraction of sp³-hybridized carbons (Fsp3) is 0.688. The van der Waals surface area contributed by atoms with E-state index in [9.17, 15) is 15.0 Å². The summed E-state index contributed by atoms with van der Waals surface area (Å²) in [6.45, 7) is 5.79. The Morgan fingerprint density at radius 1 is 1.62 bits per heavy atom. The van der Waals surface area contributed by atoms with Crippen molar-refractivity contribution in [3.63, 3.8) is 0 Å². The number of aliphatic hydroxyl groups is 2. The standard InChI is InChI=1S/C16H23NO4/c1-10-12(8-9-18)15(2)16(17-10,14(20)21-15)13(19)11-6-4-3-5-7-11/h4,6,11-13,17-19H,1,3,5,7-9H2,2H3/t11-,12+,13+,15+,16+/m1/s1. The maximum atomic E-state index is 12.2. The number of rotatable bonds is 4. The van der Waals surface area contributed by atoms with E-state index in [4.69, 9.17) is 4.74 Å². The van der Waals surface area contributed by atoms with Gasteiger partial charge in [0.1, 0.15) is 0 Å². The Kier molecular flexibility index (Phi) is 3.37. The number of hydrogen-bond donors (Lipinski definition) is 3. The molecule has 2 heterocycles. The van der Waals surface area contributed by atoms with Gasteiger partial charge in [-0.25, -0.2) is 4.79 Å². The molecule has 116 valence electrons. The number of carbonyl (C=O) groups is 1. The minimum absolute atomic E-state index is 0.00594. The van der Waals surface area contributed by atoms with Crippen LogP contribution in [0, 0.1) is 11.8 Å². The van der Waals surface area contributed by atoms with Crippen LogP contribution in [-0.2, 0) is 9.53 Å². The van der Waals surface area contributed by atoms with Crippen LogP contribution in [-0.4, -0.2) is 40.0 Å². The van der Waals surface area contributed by atoms with Crippen molar-refractivity contribution in [3.8, 4) is 0 Å². The number of ether oxygens (including phenoxy) is 1. The first-order valence-corrected chi connectivity index (χ1v) is 7.63. The van der Waals surface area contributed by atoms with Crippen molar-refractivity contribution in [2.24, 2.45) is 11.8 Å². The monoisotopic (exact) mass is 293 g/mol. The largest absolute Gasteiger partial charge is 0.453 e. The lowest BCUT2D eigenvalue weighted by molar-refractivity contribution is -0.238. The molecule has 0 aromatic heterocycles. The number of carbonyl (C=O) groups excluding carboxylic acids is 1. The highest BCUT2D eigenvalue weighted by Crippen LogP contribution is 2.55. The Labute approximate surface area is 124 Å². The van der Waals surface area contributed by atoms with Crippen LogP contribution in [0.25, 0.3) is 0 Å².